The highest BCUT2D eigenvalue weighted by Gasteiger charge is 2.50. The standard InChI is InChI=1S/C34H38F3N3O5S/c1-21-11-10-12-22(2)29(21)45-19-27(41)39-26(17-23-13-6-5-7-14-23)28(42)32(44)40-20-46-33(3,4)30(40)31(43)38-18-24-15-8-9-16-25(24)34(35,36)37/h5-16,26,28,30,42H,17-20H2,1-4H3,(H,38,43)(H,39,41). The lowest BCUT2D eigenvalue weighted by Gasteiger charge is -2.33. The van der Waals surface area contributed by atoms with Crippen molar-refractivity contribution in [1.82, 2.24) is 15.5 Å². The molecule has 1 aliphatic heterocycles. The fraction of sp³-hybridized carbons (Fsp3) is 0.382. The van der Waals surface area contributed by atoms with Crippen LogP contribution in [0, 0.1) is 13.8 Å². The summed E-state index contributed by atoms with van der Waals surface area (Å²) in [7, 11) is 0. The van der Waals surface area contributed by atoms with E-state index >= 15 is 0 Å². The van der Waals surface area contributed by atoms with E-state index in [0.717, 1.165) is 22.8 Å². The zero-order chi connectivity index (χ0) is 33.6. The number of hydrogen-bond acceptors (Lipinski definition) is 6. The van der Waals surface area contributed by atoms with Crippen molar-refractivity contribution in [3.63, 3.8) is 0 Å². The van der Waals surface area contributed by atoms with Crippen molar-refractivity contribution in [1.29, 1.82) is 0 Å². The maximum atomic E-state index is 13.8. The molecule has 3 unspecified atom stereocenters. The number of para-hydroxylation sites is 1. The molecule has 46 heavy (non-hydrogen) atoms. The van der Waals surface area contributed by atoms with Gasteiger partial charge in [0.25, 0.3) is 11.8 Å². The van der Waals surface area contributed by atoms with Gasteiger partial charge >= 0.3 is 6.18 Å². The third kappa shape index (κ3) is 8.41. The number of amides is 3. The number of rotatable bonds is 11. The molecule has 3 amide bonds. The number of nitrogens with zero attached hydrogens (tertiary/aromatic N) is 1. The van der Waals surface area contributed by atoms with E-state index in [1.807, 2.05) is 38.1 Å². The van der Waals surface area contributed by atoms with E-state index in [0.29, 0.717) is 5.75 Å². The Morgan fingerprint density at radius 1 is 1.00 bits per heavy atom. The largest absolute Gasteiger partial charge is 0.483 e. The first-order chi connectivity index (χ1) is 21.7. The lowest BCUT2D eigenvalue weighted by atomic mass is 9.97. The molecule has 0 aromatic heterocycles. The number of benzene rings is 3. The Kier molecular flexibility index (Phi) is 11.1. The highest BCUT2D eigenvalue weighted by molar-refractivity contribution is 8.00. The summed E-state index contributed by atoms with van der Waals surface area (Å²) in [6, 6.07) is 17.4. The van der Waals surface area contributed by atoms with Crippen LogP contribution in [-0.2, 0) is 33.5 Å². The van der Waals surface area contributed by atoms with E-state index in [1.165, 1.54) is 34.9 Å². The number of alkyl halides is 3. The Morgan fingerprint density at radius 2 is 1.63 bits per heavy atom. The van der Waals surface area contributed by atoms with Gasteiger partial charge in [0.2, 0.25) is 5.91 Å². The summed E-state index contributed by atoms with van der Waals surface area (Å²) in [5.41, 5.74) is 1.48. The molecular formula is C34H38F3N3O5S. The van der Waals surface area contributed by atoms with Gasteiger partial charge in [0.1, 0.15) is 11.8 Å². The molecule has 4 rings (SSSR count). The monoisotopic (exact) mass is 657 g/mol. The number of hydrogen-bond donors (Lipinski definition) is 3. The molecule has 3 atom stereocenters. The molecule has 0 aliphatic carbocycles. The molecule has 3 aromatic rings. The Bertz CT molecular complexity index is 1530. The van der Waals surface area contributed by atoms with E-state index < -0.39 is 58.9 Å². The zero-order valence-corrected chi connectivity index (χ0v) is 26.9. The molecule has 246 valence electrons. The zero-order valence-electron chi connectivity index (χ0n) is 26.1. The quantitative estimate of drug-likeness (QED) is 0.274. The van der Waals surface area contributed by atoms with Gasteiger partial charge in [0, 0.05) is 11.3 Å². The number of ether oxygens (including phenoxy) is 1. The highest BCUT2D eigenvalue weighted by atomic mass is 32.2. The van der Waals surface area contributed by atoms with E-state index in [-0.39, 0.29) is 24.5 Å². The minimum atomic E-state index is -4.60. The summed E-state index contributed by atoms with van der Waals surface area (Å²) in [5.74, 6) is -1.37. The van der Waals surface area contributed by atoms with Gasteiger partial charge in [-0.05, 0) is 62.4 Å². The maximum Gasteiger partial charge on any atom is 0.416 e. The van der Waals surface area contributed by atoms with Crippen LogP contribution in [-0.4, -0.2) is 63.1 Å². The number of thioether (sulfide) groups is 1. The third-order valence-electron chi connectivity index (χ3n) is 7.89. The van der Waals surface area contributed by atoms with Gasteiger partial charge in [0.05, 0.1) is 17.5 Å². The molecular weight excluding hydrogens is 619 g/mol. The van der Waals surface area contributed by atoms with Crippen LogP contribution in [0.1, 0.15) is 41.7 Å². The first-order valence-corrected chi connectivity index (χ1v) is 15.7. The molecule has 0 saturated carbocycles. The van der Waals surface area contributed by atoms with Crippen molar-refractivity contribution in [3.05, 3.63) is 101 Å². The second-order valence-electron chi connectivity index (χ2n) is 11.8. The summed E-state index contributed by atoms with van der Waals surface area (Å²) in [4.78, 5) is 41.6. The van der Waals surface area contributed by atoms with E-state index in [9.17, 15) is 32.7 Å². The van der Waals surface area contributed by atoms with Crippen LogP contribution >= 0.6 is 11.8 Å². The van der Waals surface area contributed by atoms with Crippen molar-refractivity contribution >= 4 is 29.5 Å². The molecule has 1 aliphatic rings. The SMILES string of the molecule is Cc1cccc(C)c1OCC(=O)NC(Cc1ccccc1)C(O)C(=O)N1CSC(C)(C)C1C(=O)NCc1ccccc1C(F)(F)F. The van der Waals surface area contributed by atoms with E-state index in [2.05, 4.69) is 10.6 Å². The van der Waals surface area contributed by atoms with E-state index in [1.54, 1.807) is 38.1 Å². The summed E-state index contributed by atoms with van der Waals surface area (Å²) >= 11 is 1.30. The van der Waals surface area contributed by atoms with Gasteiger partial charge in [-0.15, -0.1) is 11.8 Å². The topological polar surface area (TPSA) is 108 Å². The number of carbonyl (C=O) groups is 3. The summed E-state index contributed by atoms with van der Waals surface area (Å²) in [6.45, 7) is 6.47. The average Bonchev–Trinajstić information content (AvgIpc) is 3.33. The van der Waals surface area contributed by atoms with Crippen molar-refractivity contribution in [2.45, 2.75) is 69.8 Å². The molecule has 12 heteroatoms. The number of aryl methyl sites for hydroxylation is 2. The van der Waals surface area contributed by atoms with Crippen molar-refractivity contribution in [2.24, 2.45) is 0 Å². The summed E-state index contributed by atoms with van der Waals surface area (Å²) in [5, 5.41) is 16.7. The van der Waals surface area contributed by atoms with Crippen LogP contribution in [0.25, 0.3) is 0 Å². The van der Waals surface area contributed by atoms with Gasteiger partial charge in [0.15, 0.2) is 12.7 Å². The maximum absolute atomic E-state index is 13.8. The van der Waals surface area contributed by atoms with Gasteiger partial charge in [-0.25, -0.2) is 0 Å². The number of halogens is 3. The molecule has 1 heterocycles. The molecule has 3 N–H and O–H groups in total. The van der Waals surface area contributed by atoms with Crippen LogP contribution in [0.4, 0.5) is 13.2 Å². The Hall–Kier alpha value is -4.03. The Morgan fingerprint density at radius 3 is 2.28 bits per heavy atom. The van der Waals surface area contributed by atoms with Gasteiger partial charge in [-0.2, -0.15) is 13.2 Å². The average molecular weight is 658 g/mol. The first kappa shape index (κ1) is 34.8. The van der Waals surface area contributed by atoms with Crippen LogP contribution in [0.2, 0.25) is 0 Å². The van der Waals surface area contributed by atoms with Gasteiger partial charge in [-0.3, -0.25) is 14.4 Å². The van der Waals surface area contributed by atoms with Crippen molar-refractivity contribution in [3.8, 4) is 5.75 Å². The number of aliphatic hydroxyl groups is 1. The number of nitrogens with one attached hydrogen (secondary N) is 2. The van der Waals surface area contributed by atoms with Crippen LogP contribution in [0.3, 0.4) is 0 Å². The fourth-order valence-corrected chi connectivity index (χ4v) is 6.65. The van der Waals surface area contributed by atoms with Crippen molar-refractivity contribution < 1.29 is 37.4 Å². The summed E-state index contributed by atoms with van der Waals surface area (Å²) in [6.07, 6.45) is -6.23. The number of carbonyl (C=O) groups excluding carboxylic acids is 3. The molecule has 8 nitrogen and oxygen atoms in total. The van der Waals surface area contributed by atoms with Crippen LogP contribution in [0.5, 0.6) is 5.75 Å². The number of aliphatic hydroxyl groups excluding tert-OH is 1. The minimum Gasteiger partial charge on any atom is -0.483 e. The lowest BCUT2D eigenvalue weighted by molar-refractivity contribution is -0.148. The molecule has 1 saturated heterocycles. The van der Waals surface area contributed by atoms with Gasteiger partial charge < -0.3 is 25.4 Å². The second-order valence-corrected chi connectivity index (χ2v) is 13.4. The molecule has 1 fully saturated rings. The highest BCUT2D eigenvalue weighted by Crippen LogP contribution is 2.40. The predicted octanol–water partition coefficient (Wildman–Crippen LogP) is 4.79. The second kappa shape index (κ2) is 14.6. The van der Waals surface area contributed by atoms with Crippen molar-refractivity contribution in [2.75, 3.05) is 12.5 Å². The summed E-state index contributed by atoms with van der Waals surface area (Å²) < 4.78 is 45.5. The minimum absolute atomic E-state index is 0.0573. The van der Waals surface area contributed by atoms with Crippen LogP contribution in [0.15, 0.2) is 72.8 Å². The fourth-order valence-electron chi connectivity index (χ4n) is 5.51. The van der Waals surface area contributed by atoms with E-state index in [4.69, 9.17) is 4.74 Å². The molecule has 0 radical (unpaired) electrons. The smallest absolute Gasteiger partial charge is 0.416 e. The molecule has 0 spiro atoms. The first-order valence-electron chi connectivity index (χ1n) is 14.8. The molecule has 0 bridgehead atoms. The van der Waals surface area contributed by atoms with Gasteiger partial charge in [-0.1, -0.05) is 66.7 Å². The molecule has 3 aromatic carbocycles. The Labute approximate surface area is 270 Å². The predicted molar refractivity (Wildman–Crippen MR) is 170 cm³/mol. The Balaban J connectivity index is 1.51. The van der Waals surface area contributed by atoms with Crippen LogP contribution < -0.4 is 15.4 Å². The normalized spacial score (nSPS) is 17.2. The third-order valence-corrected chi connectivity index (χ3v) is 9.26. The lowest BCUT2D eigenvalue weighted by Crippen LogP contribution is -2.59.